The first-order valence-electron chi connectivity index (χ1n) is 13.5. The number of aromatic nitrogens is 3. The summed E-state index contributed by atoms with van der Waals surface area (Å²) in [7, 11) is -3.66. The fourth-order valence-electron chi connectivity index (χ4n) is 5.00. The lowest BCUT2D eigenvalue weighted by molar-refractivity contribution is -0.114. The first kappa shape index (κ1) is 27.3. The molecule has 0 unspecified atom stereocenters. The first-order chi connectivity index (χ1) is 20.4. The zero-order valence-electron chi connectivity index (χ0n) is 22.9. The monoisotopic (exact) mass is 579 g/mol. The van der Waals surface area contributed by atoms with Crippen LogP contribution in [0.3, 0.4) is 0 Å². The van der Waals surface area contributed by atoms with E-state index in [0.717, 1.165) is 33.7 Å². The van der Waals surface area contributed by atoms with Crippen LogP contribution in [0.2, 0.25) is 0 Å². The van der Waals surface area contributed by atoms with E-state index >= 15 is 0 Å². The van der Waals surface area contributed by atoms with Crippen molar-refractivity contribution in [3.8, 4) is 11.3 Å². The zero-order chi connectivity index (χ0) is 29.1. The van der Waals surface area contributed by atoms with E-state index in [1.165, 1.54) is 6.92 Å². The molecule has 0 radical (unpaired) electrons. The molecule has 1 amide bonds. The van der Waals surface area contributed by atoms with Gasteiger partial charge in [-0.2, -0.15) is 4.31 Å². The summed E-state index contributed by atoms with van der Waals surface area (Å²) in [4.78, 5) is 27.0. The van der Waals surface area contributed by atoms with Crippen LogP contribution >= 0.6 is 0 Å². The average Bonchev–Trinajstić information content (AvgIpc) is 3.01. The van der Waals surface area contributed by atoms with Crippen LogP contribution in [0.5, 0.6) is 0 Å². The van der Waals surface area contributed by atoms with Crippen LogP contribution in [0.25, 0.3) is 22.2 Å². The van der Waals surface area contributed by atoms with E-state index in [9.17, 15) is 13.2 Å². The van der Waals surface area contributed by atoms with E-state index in [4.69, 9.17) is 0 Å². The molecule has 0 atom stereocenters. The highest BCUT2D eigenvalue weighted by Crippen LogP contribution is 2.27. The summed E-state index contributed by atoms with van der Waals surface area (Å²) >= 11 is 0. The molecular weight excluding hydrogens is 550 g/mol. The predicted octanol–water partition coefficient (Wildman–Crippen LogP) is 4.90. The van der Waals surface area contributed by atoms with Crippen LogP contribution in [0.4, 0.5) is 23.0 Å². The van der Waals surface area contributed by atoms with Crippen molar-refractivity contribution < 1.29 is 13.2 Å². The van der Waals surface area contributed by atoms with Crippen LogP contribution in [-0.4, -0.2) is 59.8 Å². The van der Waals surface area contributed by atoms with Crippen LogP contribution in [0.1, 0.15) is 6.92 Å². The van der Waals surface area contributed by atoms with Gasteiger partial charge >= 0.3 is 0 Å². The summed E-state index contributed by atoms with van der Waals surface area (Å²) in [6.07, 6.45) is 3.32. The Morgan fingerprint density at radius 1 is 0.786 bits per heavy atom. The van der Waals surface area contributed by atoms with Crippen LogP contribution in [0.15, 0.2) is 102 Å². The summed E-state index contributed by atoms with van der Waals surface area (Å²) in [5, 5.41) is 6.81. The summed E-state index contributed by atoms with van der Waals surface area (Å²) < 4.78 is 28.5. The molecule has 1 fully saturated rings. The van der Waals surface area contributed by atoms with Gasteiger partial charge in [-0.15, -0.1) is 0 Å². The molecule has 0 aliphatic carbocycles. The van der Waals surface area contributed by atoms with Gasteiger partial charge in [0.25, 0.3) is 0 Å². The van der Waals surface area contributed by atoms with Gasteiger partial charge in [0.2, 0.25) is 21.9 Å². The number of rotatable bonds is 7. The number of carbonyl (C=O) groups is 1. The fraction of sp³-hybridized carbons (Fsp3) is 0.161. The summed E-state index contributed by atoms with van der Waals surface area (Å²) in [6.45, 7) is 3.41. The van der Waals surface area contributed by atoms with Crippen LogP contribution in [0, 0.1) is 0 Å². The van der Waals surface area contributed by atoms with Crippen molar-refractivity contribution >= 4 is 49.8 Å². The summed E-state index contributed by atoms with van der Waals surface area (Å²) in [6, 6.07) is 26.2. The number of carbonyl (C=O) groups excluding carboxylic acids is 1. The summed E-state index contributed by atoms with van der Waals surface area (Å²) in [5.41, 5.74) is 4.73. The fourth-order valence-corrected chi connectivity index (χ4v) is 6.59. The molecule has 0 saturated carbocycles. The van der Waals surface area contributed by atoms with Crippen molar-refractivity contribution in [2.45, 2.75) is 11.8 Å². The lowest BCUT2D eigenvalue weighted by Gasteiger charge is -2.35. The molecule has 212 valence electrons. The van der Waals surface area contributed by atoms with E-state index in [-0.39, 0.29) is 10.8 Å². The highest BCUT2D eigenvalue weighted by molar-refractivity contribution is 7.89. The highest BCUT2D eigenvalue weighted by atomic mass is 32.2. The molecule has 10 nitrogen and oxygen atoms in total. The number of amides is 1. The number of sulfonamides is 1. The maximum absolute atomic E-state index is 13.5. The van der Waals surface area contributed by atoms with Gasteiger partial charge in [-0.25, -0.2) is 18.4 Å². The predicted molar refractivity (Wildman–Crippen MR) is 164 cm³/mol. The van der Waals surface area contributed by atoms with Crippen molar-refractivity contribution in [1.82, 2.24) is 19.3 Å². The second-order valence-corrected chi connectivity index (χ2v) is 11.8. The number of benzene rings is 3. The van der Waals surface area contributed by atoms with Gasteiger partial charge in [0.05, 0.1) is 11.2 Å². The van der Waals surface area contributed by atoms with E-state index in [1.54, 1.807) is 34.9 Å². The van der Waals surface area contributed by atoms with Crippen molar-refractivity contribution in [1.29, 1.82) is 0 Å². The minimum atomic E-state index is -3.66. The molecule has 2 N–H and O–H groups in total. The SMILES string of the molecule is CC(=O)Nc1ccc(-c2ccnc(Nc3ccc(N4CCN(S(=O)(=O)c5cccc6cccnc56)CC4)cc3)n2)cc1. The standard InChI is InChI=1S/C31H29N7O3S/c1-22(39)34-25-9-7-23(8-10-25)28-15-17-33-31(36-28)35-26-11-13-27(14-12-26)37-18-20-38(21-19-37)42(40,41)29-6-2-4-24-5-3-16-32-30(24)29/h2-17H,18-21H2,1H3,(H,34,39)(H,33,35,36). The third-order valence-electron chi connectivity index (χ3n) is 7.10. The van der Waals surface area contributed by atoms with Crippen molar-refractivity contribution in [2.75, 3.05) is 41.7 Å². The Bertz CT molecular complexity index is 1830. The minimum absolute atomic E-state index is 0.118. The Morgan fingerprint density at radius 2 is 1.50 bits per heavy atom. The lowest BCUT2D eigenvalue weighted by atomic mass is 10.1. The number of hydrogen-bond donors (Lipinski definition) is 2. The molecular formula is C31H29N7O3S. The zero-order valence-corrected chi connectivity index (χ0v) is 23.8. The molecule has 1 saturated heterocycles. The Balaban J connectivity index is 1.09. The van der Waals surface area contributed by atoms with Crippen molar-refractivity contribution in [3.05, 3.63) is 97.3 Å². The van der Waals surface area contributed by atoms with E-state index in [0.29, 0.717) is 37.6 Å². The molecule has 6 rings (SSSR count). The molecule has 3 heterocycles. The maximum Gasteiger partial charge on any atom is 0.245 e. The Hall–Kier alpha value is -4.87. The molecule has 5 aromatic rings. The highest BCUT2D eigenvalue weighted by Gasteiger charge is 2.30. The van der Waals surface area contributed by atoms with Gasteiger partial charge in [-0.05, 0) is 54.6 Å². The summed E-state index contributed by atoms with van der Waals surface area (Å²) in [5.74, 6) is 0.347. The van der Waals surface area contributed by atoms with E-state index < -0.39 is 10.0 Å². The van der Waals surface area contributed by atoms with Gasteiger partial charge in [-0.3, -0.25) is 9.78 Å². The number of hydrogen-bond acceptors (Lipinski definition) is 8. The topological polar surface area (TPSA) is 120 Å². The Labute approximate surface area is 244 Å². The van der Waals surface area contributed by atoms with Crippen LogP contribution in [-0.2, 0) is 14.8 Å². The number of anilines is 4. The van der Waals surface area contributed by atoms with Gasteiger partial charge < -0.3 is 15.5 Å². The number of pyridine rings is 1. The second kappa shape index (κ2) is 11.6. The van der Waals surface area contributed by atoms with Gasteiger partial charge in [0.15, 0.2) is 0 Å². The van der Waals surface area contributed by atoms with Gasteiger partial charge in [-0.1, -0.05) is 30.3 Å². The number of piperazine rings is 1. The van der Waals surface area contributed by atoms with Crippen molar-refractivity contribution in [3.63, 3.8) is 0 Å². The number of fused-ring (bicyclic) bond motifs is 1. The van der Waals surface area contributed by atoms with Gasteiger partial charge in [0.1, 0.15) is 4.90 Å². The largest absolute Gasteiger partial charge is 0.369 e. The molecule has 11 heteroatoms. The molecule has 1 aliphatic heterocycles. The first-order valence-corrected chi connectivity index (χ1v) is 15.0. The molecule has 0 spiro atoms. The quantitative estimate of drug-likeness (QED) is 0.279. The number of para-hydroxylation sites is 1. The normalized spacial score (nSPS) is 14.1. The van der Waals surface area contributed by atoms with Crippen LogP contribution < -0.4 is 15.5 Å². The Kier molecular flexibility index (Phi) is 7.51. The smallest absolute Gasteiger partial charge is 0.245 e. The van der Waals surface area contributed by atoms with Gasteiger partial charge in [0, 0.05) is 73.5 Å². The third kappa shape index (κ3) is 5.78. The molecule has 42 heavy (non-hydrogen) atoms. The second-order valence-electron chi connectivity index (χ2n) is 9.92. The van der Waals surface area contributed by atoms with E-state index in [2.05, 4.69) is 30.5 Å². The van der Waals surface area contributed by atoms with E-state index in [1.807, 2.05) is 66.7 Å². The number of nitrogens with zero attached hydrogens (tertiary/aromatic N) is 5. The molecule has 1 aliphatic rings. The molecule has 3 aromatic carbocycles. The Morgan fingerprint density at radius 3 is 2.24 bits per heavy atom. The molecule has 2 aromatic heterocycles. The minimum Gasteiger partial charge on any atom is -0.369 e. The molecule has 0 bridgehead atoms. The van der Waals surface area contributed by atoms with Crippen molar-refractivity contribution in [2.24, 2.45) is 0 Å². The number of nitrogens with one attached hydrogen (secondary N) is 2. The maximum atomic E-state index is 13.5. The third-order valence-corrected chi connectivity index (χ3v) is 9.03. The lowest BCUT2D eigenvalue weighted by Crippen LogP contribution is -2.48. The average molecular weight is 580 g/mol.